The molecule has 0 aliphatic heterocycles. The average molecular weight is 278 g/mol. The van der Waals surface area contributed by atoms with Crippen LogP contribution in [0.1, 0.15) is 5.69 Å². The van der Waals surface area contributed by atoms with Gasteiger partial charge in [-0.25, -0.2) is 9.97 Å². The van der Waals surface area contributed by atoms with E-state index < -0.39 is 0 Å². The molecule has 0 spiro atoms. The summed E-state index contributed by atoms with van der Waals surface area (Å²) in [7, 11) is 1.90. The lowest BCUT2D eigenvalue weighted by Gasteiger charge is -2.03. The van der Waals surface area contributed by atoms with Crippen molar-refractivity contribution in [1.29, 1.82) is 0 Å². The van der Waals surface area contributed by atoms with Crippen LogP contribution in [-0.4, -0.2) is 17.0 Å². The summed E-state index contributed by atoms with van der Waals surface area (Å²) in [5.74, 6) is 0.758. The Balaban J connectivity index is 2.36. The zero-order valence-electron chi connectivity index (χ0n) is 8.94. The average Bonchev–Trinajstić information content (AvgIpc) is 2.30. The highest BCUT2D eigenvalue weighted by Crippen LogP contribution is 2.19. The van der Waals surface area contributed by atoms with E-state index in [4.69, 9.17) is 0 Å². The molecule has 2 rings (SSSR count). The molecule has 0 saturated heterocycles. The SMILES string of the molecule is CNCc1ccnc(-c2cccc(Br)c2)n1. The van der Waals surface area contributed by atoms with Crippen molar-refractivity contribution in [3.05, 3.63) is 46.7 Å². The summed E-state index contributed by atoms with van der Waals surface area (Å²) in [5, 5.41) is 3.07. The van der Waals surface area contributed by atoms with Gasteiger partial charge >= 0.3 is 0 Å². The van der Waals surface area contributed by atoms with Crippen molar-refractivity contribution in [2.45, 2.75) is 6.54 Å². The lowest BCUT2D eigenvalue weighted by molar-refractivity contribution is 0.788. The summed E-state index contributed by atoms with van der Waals surface area (Å²) >= 11 is 3.44. The van der Waals surface area contributed by atoms with E-state index in [-0.39, 0.29) is 0 Å². The molecule has 0 aliphatic rings. The Morgan fingerprint density at radius 1 is 1.31 bits per heavy atom. The number of benzene rings is 1. The van der Waals surface area contributed by atoms with E-state index >= 15 is 0 Å². The van der Waals surface area contributed by atoms with Crippen LogP contribution in [0.2, 0.25) is 0 Å². The van der Waals surface area contributed by atoms with Gasteiger partial charge in [0.15, 0.2) is 5.82 Å². The Labute approximate surface area is 103 Å². The zero-order valence-corrected chi connectivity index (χ0v) is 10.5. The predicted octanol–water partition coefficient (Wildman–Crippen LogP) is 2.63. The van der Waals surface area contributed by atoms with Crippen molar-refractivity contribution in [1.82, 2.24) is 15.3 Å². The fraction of sp³-hybridized carbons (Fsp3) is 0.167. The maximum atomic E-state index is 4.48. The monoisotopic (exact) mass is 277 g/mol. The summed E-state index contributed by atoms with van der Waals surface area (Å²) in [6, 6.07) is 9.90. The molecule has 0 saturated carbocycles. The molecule has 3 nitrogen and oxygen atoms in total. The fourth-order valence-electron chi connectivity index (χ4n) is 1.44. The first-order valence-electron chi connectivity index (χ1n) is 5.02. The van der Waals surface area contributed by atoms with Crippen molar-refractivity contribution in [3.8, 4) is 11.4 Å². The molecular formula is C12H12BrN3. The second-order valence-corrected chi connectivity index (χ2v) is 4.33. The van der Waals surface area contributed by atoms with Gasteiger partial charge in [0.05, 0.1) is 5.69 Å². The van der Waals surface area contributed by atoms with Crippen LogP contribution in [0.15, 0.2) is 41.0 Å². The molecule has 0 atom stereocenters. The molecule has 1 aromatic carbocycles. The fourth-order valence-corrected chi connectivity index (χ4v) is 1.84. The van der Waals surface area contributed by atoms with Crippen LogP contribution in [0, 0.1) is 0 Å². The summed E-state index contributed by atoms with van der Waals surface area (Å²) < 4.78 is 1.03. The van der Waals surface area contributed by atoms with Gasteiger partial charge in [0.2, 0.25) is 0 Å². The molecule has 0 fully saturated rings. The molecule has 0 unspecified atom stereocenters. The first kappa shape index (κ1) is 11.2. The predicted molar refractivity (Wildman–Crippen MR) is 67.9 cm³/mol. The number of halogens is 1. The quantitative estimate of drug-likeness (QED) is 0.937. The van der Waals surface area contributed by atoms with Gasteiger partial charge in [-0.05, 0) is 25.2 Å². The van der Waals surface area contributed by atoms with Crippen molar-refractivity contribution < 1.29 is 0 Å². The third-order valence-corrected chi connectivity index (χ3v) is 2.65. The first-order chi connectivity index (χ1) is 7.79. The maximum absolute atomic E-state index is 4.48. The van der Waals surface area contributed by atoms with E-state index in [9.17, 15) is 0 Å². The molecule has 4 heteroatoms. The molecule has 0 bridgehead atoms. The van der Waals surface area contributed by atoms with Gasteiger partial charge in [0.25, 0.3) is 0 Å². The van der Waals surface area contributed by atoms with Crippen LogP contribution in [-0.2, 0) is 6.54 Å². The number of hydrogen-bond acceptors (Lipinski definition) is 3. The summed E-state index contributed by atoms with van der Waals surface area (Å²) in [5.41, 5.74) is 2.01. The van der Waals surface area contributed by atoms with Gasteiger partial charge in [0, 0.05) is 22.8 Å². The third-order valence-electron chi connectivity index (χ3n) is 2.15. The van der Waals surface area contributed by atoms with Crippen molar-refractivity contribution in [3.63, 3.8) is 0 Å². The normalized spacial score (nSPS) is 10.4. The van der Waals surface area contributed by atoms with E-state index in [1.54, 1.807) is 6.20 Å². The lowest BCUT2D eigenvalue weighted by atomic mass is 10.2. The van der Waals surface area contributed by atoms with Crippen molar-refractivity contribution in [2.24, 2.45) is 0 Å². The summed E-state index contributed by atoms with van der Waals surface area (Å²) in [6.45, 7) is 0.753. The van der Waals surface area contributed by atoms with Gasteiger partial charge in [-0.3, -0.25) is 0 Å². The van der Waals surface area contributed by atoms with Crippen LogP contribution < -0.4 is 5.32 Å². The molecule has 2 aromatic rings. The number of rotatable bonds is 3. The Kier molecular flexibility index (Phi) is 3.64. The second-order valence-electron chi connectivity index (χ2n) is 3.41. The van der Waals surface area contributed by atoms with Crippen molar-refractivity contribution >= 4 is 15.9 Å². The van der Waals surface area contributed by atoms with Crippen LogP contribution >= 0.6 is 15.9 Å². The van der Waals surface area contributed by atoms with Gasteiger partial charge < -0.3 is 5.32 Å². The number of hydrogen-bond donors (Lipinski definition) is 1. The van der Waals surface area contributed by atoms with Crippen LogP contribution in [0.5, 0.6) is 0 Å². The number of nitrogens with zero attached hydrogens (tertiary/aromatic N) is 2. The Morgan fingerprint density at radius 2 is 2.19 bits per heavy atom. The molecule has 1 heterocycles. The summed E-state index contributed by atoms with van der Waals surface area (Å²) in [6.07, 6.45) is 1.79. The Hall–Kier alpha value is -1.26. The van der Waals surface area contributed by atoms with Gasteiger partial charge in [-0.1, -0.05) is 28.1 Å². The molecule has 82 valence electrons. The first-order valence-corrected chi connectivity index (χ1v) is 5.81. The van der Waals surface area contributed by atoms with Gasteiger partial charge in [-0.15, -0.1) is 0 Å². The van der Waals surface area contributed by atoms with E-state index in [0.717, 1.165) is 28.1 Å². The standard InChI is InChI=1S/C12H12BrN3/c1-14-8-11-5-6-15-12(16-11)9-3-2-4-10(13)7-9/h2-7,14H,8H2,1H3. The molecular weight excluding hydrogens is 266 g/mol. The molecule has 0 aliphatic carbocycles. The Bertz CT molecular complexity index is 485. The molecule has 0 amide bonds. The smallest absolute Gasteiger partial charge is 0.159 e. The molecule has 16 heavy (non-hydrogen) atoms. The van der Waals surface area contributed by atoms with E-state index in [1.807, 2.05) is 37.4 Å². The Morgan fingerprint density at radius 3 is 2.94 bits per heavy atom. The summed E-state index contributed by atoms with van der Waals surface area (Å²) in [4.78, 5) is 8.75. The molecule has 1 aromatic heterocycles. The van der Waals surface area contributed by atoms with Crippen LogP contribution in [0.4, 0.5) is 0 Å². The number of nitrogens with one attached hydrogen (secondary N) is 1. The molecule has 0 radical (unpaired) electrons. The van der Waals surface area contributed by atoms with Gasteiger partial charge in [0.1, 0.15) is 0 Å². The van der Waals surface area contributed by atoms with Gasteiger partial charge in [-0.2, -0.15) is 0 Å². The zero-order chi connectivity index (χ0) is 11.4. The van der Waals surface area contributed by atoms with Crippen LogP contribution in [0.3, 0.4) is 0 Å². The van der Waals surface area contributed by atoms with E-state index in [0.29, 0.717) is 0 Å². The highest BCUT2D eigenvalue weighted by atomic mass is 79.9. The highest BCUT2D eigenvalue weighted by molar-refractivity contribution is 9.10. The van der Waals surface area contributed by atoms with E-state index in [2.05, 4.69) is 31.2 Å². The van der Waals surface area contributed by atoms with E-state index in [1.165, 1.54) is 0 Å². The minimum Gasteiger partial charge on any atom is -0.314 e. The topological polar surface area (TPSA) is 37.8 Å². The number of aromatic nitrogens is 2. The maximum Gasteiger partial charge on any atom is 0.159 e. The minimum absolute atomic E-state index is 0.753. The third kappa shape index (κ3) is 2.65. The minimum atomic E-state index is 0.753. The van der Waals surface area contributed by atoms with Crippen molar-refractivity contribution in [2.75, 3.05) is 7.05 Å². The van der Waals surface area contributed by atoms with Crippen LogP contribution in [0.25, 0.3) is 11.4 Å². The largest absolute Gasteiger partial charge is 0.314 e. The highest BCUT2D eigenvalue weighted by Gasteiger charge is 2.02. The second kappa shape index (κ2) is 5.18. The lowest BCUT2D eigenvalue weighted by Crippen LogP contribution is -2.07. The molecule has 1 N–H and O–H groups in total.